The molecule has 0 aliphatic carbocycles. The molecule has 1 aliphatic rings. The van der Waals surface area contributed by atoms with E-state index in [-0.39, 0.29) is 16.9 Å². The van der Waals surface area contributed by atoms with Gasteiger partial charge in [-0.05, 0) is 51.3 Å². The number of benzene rings is 4. The van der Waals surface area contributed by atoms with Crippen LogP contribution in [0, 0.1) is 0 Å². The van der Waals surface area contributed by atoms with Gasteiger partial charge in [0, 0.05) is 50.6 Å². The van der Waals surface area contributed by atoms with Gasteiger partial charge in [0.2, 0.25) is 0 Å². The van der Waals surface area contributed by atoms with Crippen LogP contribution < -0.4 is 20.7 Å². The molecule has 4 aromatic carbocycles. The van der Waals surface area contributed by atoms with Crippen molar-refractivity contribution in [3.63, 3.8) is 0 Å². The van der Waals surface area contributed by atoms with Crippen LogP contribution in [0.3, 0.4) is 0 Å². The molecule has 3 N–H and O–H groups in total. The number of urea groups is 1. The number of hydrogen-bond acceptors (Lipinski definition) is 6. The average Bonchev–Trinajstić information content (AvgIpc) is 3.05. The van der Waals surface area contributed by atoms with Crippen LogP contribution in [0.25, 0.3) is 21.9 Å². The molecule has 0 spiro atoms. The largest absolute Gasteiger partial charge is 0.492 e. The van der Waals surface area contributed by atoms with Gasteiger partial charge in [0.1, 0.15) is 0 Å². The third-order valence-electron chi connectivity index (χ3n) is 8.20. The van der Waals surface area contributed by atoms with Crippen LogP contribution in [-0.2, 0) is 21.5 Å². The number of rotatable bonds is 7. The standard InChI is InChI=1S/C37H43N5O4S/c1-37(2,3)26-21-31(38-34(43)35(44)41(4)5)33(46-6)32(22-26)40-36(45)39-30-16-15-27(28-9-7-8-10-29(28)30)25-13-11-24(12-14-25)23-42-17-19-47-20-18-42/h7-16,21-22H,17-20,23H2,1-6H3,(H,38,43)(H2,39,40,45). The first kappa shape index (κ1) is 33.8. The second-order valence-electron chi connectivity index (χ2n) is 12.9. The van der Waals surface area contributed by atoms with E-state index in [2.05, 4.69) is 51.2 Å². The number of amides is 4. The SMILES string of the molecule is COc1c(NC(=O)Nc2ccc(-c3ccc(CN4CCSCC4)cc3)c3ccccc23)cc(C(C)(C)C)cc1NC(=O)C(=O)N(C)C. The summed E-state index contributed by atoms with van der Waals surface area (Å²) in [5.74, 6) is 1.10. The Hall–Kier alpha value is -4.54. The Kier molecular flexibility index (Phi) is 10.4. The summed E-state index contributed by atoms with van der Waals surface area (Å²) in [5.41, 5.74) is 5.29. The van der Waals surface area contributed by atoms with E-state index in [0.717, 1.165) is 47.1 Å². The van der Waals surface area contributed by atoms with E-state index in [1.807, 2.05) is 68.9 Å². The number of ether oxygens (including phenoxy) is 1. The second kappa shape index (κ2) is 14.5. The first-order chi connectivity index (χ1) is 22.4. The lowest BCUT2D eigenvalue weighted by Crippen LogP contribution is -2.34. The maximum atomic E-state index is 13.5. The van der Waals surface area contributed by atoms with Crippen molar-refractivity contribution in [3.05, 3.63) is 83.9 Å². The van der Waals surface area contributed by atoms with Crippen molar-refractivity contribution < 1.29 is 19.1 Å². The summed E-state index contributed by atoms with van der Waals surface area (Å²) in [7, 11) is 4.46. The van der Waals surface area contributed by atoms with Crippen LogP contribution in [0.15, 0.2) is 72.8 Å². The summed E-state index contributed by atoms with van der Waals surface area (Å²) >= 11 is 2.02. The van der Waals surface area contributed by atoms with Gasteiger partial charge < -0.3 is 25.6 Å². The summed E-state index contributed by atoms with van der Waals surface area (Å²) in [5, 5.41) is 10.5. The first-order valence-electron chi connectivity index (χ1n) is 15.7. The van der Waals surface area contributed by atoms with Crippen LogP contribution in [0.4, 0.5) is 21.9 Å². The highest BCUT2D eigenvalue weighted by Gasteiger charge is 2.24. The minimum absolute atomic E-state index is 0.232. The number of thioether (sulfide) groups is 1. The summed E-state index contributed by atoms with van der Waals surface area (Å²) in [4.78, 5) is 42.2. The van der Waals surface area contributed by atoms with Gasteiger partial charge >= 0.3 is 17.8 Å². The summed E-state index contributed by atoms with van der Waals surface area (Å²) in [6.45, 7) is 9.27. The molecule has 246 valence electrons. The Balaban J connectivity index is 1.40. The fourth-order valence-corrected chi connectivity index (χ4v) is 6.57. The van der Waals surface area contributed by atoms with E-state index < -0.39 is 17.8 Å². The molecule has 47 heavy (non-hydrogen) atoms. The zero-order valence-corrected chi connectivity index (χ0v) is 28.7. The highest BCUT2D eigenvalue weighted by Crippen LogP contribution is 2.39. The lowest BCUT2D eigenvalue weighted by molar-refractivity contribution is -0.141. The predicted octanol–water partition coefficient (Wildman–Crippen LogP) is 7.03. The van der Waals surface area contributed by atoms with E-state index in [4.69, 9.17) is 4.74 Å². The monoisotopic (exact) mass is 653 g/mol. The number of nitrogens with zero attached hydrogens (tertiary/aromatic N) is 2. The Morgan fingerprint density at radius 3 is 2.06 bits per heavy atom. The minimum atomic E-state index is -0.808. The topological polar surface area (TPSA) is 103 Å². The van der Waals surface area contributed by atoms with Crippen molar-refractivity contribution in [2.75, 3.05) is 61.8 Å². The van der Waals surface area contributed by atoms with Crippen LogP contribution in [-0.4, -0.2) is 73.4 Å². The smallest absolute Gasteiger partial charge is 0.323 e. The fourth-order valence-electron chi connectivity index (χ4n) is 5.59. The van der Waals surface area contributed by atoms with Crippen LogP contribution in [0.2, 0.25) is 0 Å². The van der Waals surface area contributed by atoms with Crippen LogP contribution >= 0.6 is 11.8 Å². The summed E-state index contributed by atoms with van der Waals surface area (Å²) < 4.78 is 5.64. The Morgan fingerprint density at radius 1 is 0.830 bits per heavy atom. The van der Waals surface area contributed by atoms with Crippen molar-refractivity contribution in [1.82, 2.24) is 9.80 Å². The molecule has 4 aromatic rings. The van der Waals surface area contributed by atoms with Crippen molar-refractivity contribution >= 4 is 57.4 Å². The van der Waals surface area contributed by atoms with Gasteiger partial charge in [-0.2, -0.15) is 11.8 Å². The molecular formula is C37H43N5O4S. The zero-order valence-electron chi connectivity index (χ0n) is 27.9. The van der Waals surface area contributed by atoms with E-state index in [1.165, 1.54) is 43.2 Å². The maximum Gasteiger partial charge on any atom is 0.323 e. The van der Waals surface area contributed by atoms with Gasteiger partial charge in [0.05, 0.1) is 24.2 Å². The third kappa shape index (κ3) is 8.07. The summed E-state index contributed by atoms with van der Waals surface area (Å²) in [6.07, 6.45) is 0. The normalized spacial score (nSPS) is 13.6. The number of methoxy groups -OCH3 is 1. The molecule has 0 aromatic heterocycles. The fraction of sp³-hybridized carbons (Fsp3) is 0.324. The number of likely N-dealkylation sites (N-methyl/N-ethyl adjacent to an activating group) is 1. The minimum Gasteiger partial charge on any atom is -0.492 e. The van der Waals surface area contributed by atoms with Crippen molar-refractivity contribution in [2.24, 2.45) is 0 Å². The highest BCUT2D eigenvalue weighted by molar-refractivity contribution is 7.99. The number of fused-ring (bicyclic) bond motifs is 1. The molecule has 0 unspecified atom stereocenters. The van der Waals surface area contributed by atoms with Gasteiger partial charge in [-0.15, -0.1) is 0 Å². The lowest BCUT2D eigenvalue weighted by atomic mass is 9.86. The van der Waals surface area contributed by atoms with E-state index in [9.17, 15) is 14.4 Å². The Morgan fingerprint density at radius 2 is 1.45 bits per heavy atom. The quantitative estimate of drug-likeness (QED) is 0.185. The lowest BCUT2D eigenvalue weighted by Gasteiger charge is -2.26. The third-order valence-corrected chi connectivity index (χ3v) is 9.15. The van der Waals surface area contributed by atoms with Gasteiger partial charge in [-0.25, -0.2) is 4.79 Å². The van der Waals surface area contributed by atoms with Gasteiger partial charge in [-0.1, -0.05) is 75.4 Å². The van der Waals surface area contributed by atoms with Gasteiger partial charge in [0.25, 0.3) is 0 Å². The van der Waals surface area contributed by atoms with Crippen molar-refractivity contribution in [1.29, 1.82) is 0 Å². The molecule has 1 fully saturated rings. The second-order valence-corrected chi connectivity index (χ2v) is 14.1. The number of anilines is 3. The molecule has 9 nitrogen and oxygen atoms in total. The highest BCUT2D eigenvalue weighted by atomic mass is 32.2. The van der Waals surface area contributed by atoms with Crippen LogP contribution in [0.1, 0.15) is 31.9 Å². The Labute approximate surface area is 281 Å². The van der Waals surface area contributed by atoms with Gasteiger partial charge in [0.15, 0.2) is 5.75 Å². The number of nitrogens with one attached hydrogen (secondary N) is 3. The molecule has 5 rings (SSSR count). The van der Waals surface area contributed by atoms with Gasteiger partial charge in [-0.3, -0.25) is 14.5 Å². The molecule has 0 bridgehead atoms. The molecule has 4 amide bonds. The molecule has 0 atom stereocenters. The number of hydrogen-bond donors (Lipinski definition) is 3. The number of carbonyl (C=O) groups excluding carboxylic acids is 3. The zero-order chi connectivity index (χ0) is 33.7. The van der Waals surface area contributed by atoms with Crippen molar-refractivity contribution in [3.8, 4) is 16.9 Å². The molecule has 1 aliphatic heterocycles. The summed E-state index contributed by atoms with van der Waals surface area (Å²) in [6, 6.07) is 23.8. The predicted molar refractivity (Wildman–Crippen MR) is 194 cm³/mol. The van der Waals surface area contributed by atoms with Crippen molar-refractivity contribution in [2.45, 2.75) is 32.7 Å². The van der Waals surface area contributed by atoms with E-state index >= 15 is 0 Å². The molecule has 1 saturated heterocycles. The van der Waals surface area contributed by atoms with E-state index in [1.54, 1.807) is 6.07 Å². The molecular weight excluding hydrogens is 611 g/mol. The molecule has 10 heteroatoms. The Bertz CT molecular complexity index is 1780. The number of carbonyl (C=O) groups is 3. The maximum absolute atomic E-state index is 13.5. The first-order valence-corrected chi connectivity index (χ1v) is 16.8. The molecule has 0 saturated carbocycles. The average molecular weight is 654 g/mol. The molecule has 0 radical (unpaired) electrons. The van der Waals surface area contributed by atoms with Crippen LogP contribution in [0.5, 0.6) is 5.75 Å². The molecule has 1 heterocycles. The van der Waals surface area contributed by atoms with E-state index in [0.29, 0.717) is 11.4 Å².